The number of carbonyl (C=O) groups is 2. The predicted octanol–water partition coefficient (Wildman–Crippen LogP) is 5.09. The van der Waals surface area contributed by atoms with E-state index in [9.17, 15) is 9.59 Å². The van der Waals surface area contributed by atoms with Crippen molar-refractivity contribution in [2.45, 2.75) is 19.9 Å². The van der Waals surface area contributed by atoms with Crippen LogP contribution in [0.15, 0.2) is 77.8 Å². The van der Waals surface area contributed by atoms with Crippen molar-refractivity contribution in [3.05, 3.63) is 94.3 Å². The van der Waals surface area contributed by atoms with E-state index in [-0.39, 0.29) is 11.7 Å². The van der Waals surface area contributed by atoms with Gasteiger partial charge in [0.1, 0.15) is 5.75 Å². The van der Waals surface area contributed by atoms with E-state index in [1.165, 1.54) is 11.3 Å². The zero-order valence-electron chi connectivity index (χ0n) is 17.4. The monoisotopic (exact) mass is 430 g/mol. The second kappa shape index (κ2) is 9.10. The number of amides is 1. The lowest BCUT2D eigenvalue weighted by Gasteiger charge is -2.04. The first-order valence-electron chi connectivity index (χ1n) is 10.1. The number of nitrogens with zero attached hydrogens (tertiary/aromatic N) is 2. The summed E-state index contributed by atoms with van der Waals surface area (Å²) in [4.78, 5) is 30.4. The normalized spacial score (nSPS) is 11.6. The number of benzene rings is 3. The maximum Gasteiger partial charge on any atom is 0.279 e. The van der Waals surface area contributed by atoms with Gasteiger partial charge in [0, 0.05) is 23.2 Å². The Hall–Kier alpha value is -3.51. The summed E-state index contributed by atoms with van der Waals surface area (Å²) in [6.07, 6.45) is 0.926. The molecule has 0 saturated heterocycles. The Labute approximate surface area is 184 Å². The van der Waals surface area contributed by atoms with Crippen LogP contribution in [0.4, 0.5) is 0 Å². The molecule has 0 saturated carbocycles. The molecule has 4 aromatic rings. The molecule has 0 unspecified atom stereocenters. The summed E-state index contributed by atoms with van der Waals surface area (Å²) in [5.41, 5.74) is 2.64. The number of thiazole rings is 1. The van der Waals surface area contributed by atoms with Crippen molar-refractivity contribution in [1.29, 1.82) is 0 Å². The predicted molar refractivity (Wildman–Crippen MR) is 123 cm³/mol. The largest absolute Gasteiger partial charge is 0.497 e. The van der Waals surface area contributed by atoms with Crippen molar-refractivity contribution < 1.29 is 14.3 Å². The smallest absolute Gasteiger partial charge is 0.279 e. The SMILES string of the molecule is CCCn1c(=NC(=O)c2ccc(C(=O)c3ccccc3)cc2)sc2cc(OC)ccc21. The highest BCUT2D eigenvalue weighted by atomic mass is 32.1. The molecular formula is C25H22N2O3S. The quantitative estimate of drug-likeness (QED) is 0.400. The van der Waals surface area contributed by atoms with Crippen molar-refractivity contribution >= 4 is 33.2 Å². The molecule has 4 rings (SSSR count). The van der Waals surface area contributed by atoms with E-state index in [0.717, 1.165) is 28.9 Å². The minimum Gasteiger partial charge on any atom is -0.497 e. The zero-order valence-corrected chi connectivity index (χ0v) is 18.2. The fourth-order valence-corrected chi connectivity index (χ4v) is 4.46. The zero-order chi connectivity index (χ0) is 21.8. The molecule has 5 nitrogen and oxygen atoms in total. The molecule has 0 fully saturated rings. The molecular weight excluding hydrogens is 408 g/mol. The van der Waals surface area contributed by atoms with Gasteiger partial charge in [-0.05, 0) is 36.8 Å². The number of methoxy groups -OCH3 is 1. The summed E-state index contributed by atoms with van der Waals surface area (Å²) >= 11 is 1.46. The lowest BCUT2D eigenvalue weighted by atomic mass is 10.0. The van der Waals surface area contributed by atoms with E-state index in [1.807, 2.05) is 36.4 Å². The van der Waals surface area contributed by atoms with Crippen LogP contribution in [0.1, 0.15) is 39.6 Å². The molecule has 0 spiro atoms. The van der Waals surface area contributed by atoms with Crippen molar-refractivity contribution in [2.24, 2.45) is 4.99 Å². The van der Waals surface area contributed by atoms with Gasteiger partial charge in [0.25, 0.3) is 5.91 Å². The number of hydrogen-bond acceptors (Lipinski definition) is 4. The van der Waals surface area contributed by atoms with Gasteiger partial charge in [0.2, 0.25) is 0 Å². The van der Waals surface area contributed by atoms with E-state index >= 15 is 0 Å². The van der Waals surface area contributed by atoms with Crippen LogP contribution in [0.2, 0.25) is 0 Å². The van der Waals surface area contributed by atoms with Crippen LogP contribution >= 0.6 is 11.3 Å². The molecule has 0 aliphatic heterocycles. The number of ketones is 1. The molecule has 1 amide bonds. The molecule has 3 aromatic carbocycles. The summed E-state index contributed by atoms with van der Waals surface area (Å²) in [5.74, 6) is 0.367. The molecule has 0 aliphatic carbocycles. The van der Waals surface area contributed by atoms with Gasteiger partial charge >= 0.3 is 0 Å². The Balaban J connectivity index is 1.66. The van der Waals surface area contributed by atoms with E-state index in [1.54, 1.807) is 43.5 Å². The minimum absolute atomic E-state index is 0.0734. The van der Waals surface area contributed by atoms with Crippen LogP contribution in [-0.2, 0) is 6.54 Å². The molecule has 0 atom stereocenters. The Kier molecular flexibility index (Phi) is 6.09. The van der Waals surface area contributed by atoms with E-state index in [0.29, 0.717) is 21.5 Å². The maximum absolute atomic E-state index is 12.8. The van der Waals surface area contributed by atoms with Gasteiger partial charge in [0.05, 0.1) is 17.3 Å². The van der Waals surface area contributed by atoms with Crippen molar-refractivity contribution in [1.82, 2.24) is 4.57 Å². The topological polar surface area (TPSA) is 60.7 Å². The van der Waals surface area contributed by atoms with Gasteiger partial charge in [-0.1, -0.05) is 60.7 Å². The summed E-state index contributed by atoms with van der Waals surface area (Å²) in [6, 6.07) is 21.6. The molecule has 31 heavy (non-hydrogen) atoms. The molecule has 156 valence electrons. The highest BCUT2D eigenvalue weighted by Gasteiger charge is 2.12. The second-order valence-corrected chi connectivity index (χ2v) is 8.07. The van der Waals surface area contributed by atoms with Crippen LogP contribution in [0.25, 0.3) is 10.2 Å². The Morgan fingerprint density at radius 1 is 0.935 bits per heavy atom. The fourth-order valence-electron chi connectivity index (χ4n) is 3.38. The molecule has 0 bridgehead atoms. The van der Waals surface area contributed by atoms with Crippen LogP contribution < -0.4 is 9.54 Å². The standard InChI is InChI=1S/C25H22N2O3S/c1-3-15-27-21-14-13-20(30-2)16-22(21)31-25(27)26-24(29)19-11-9-18(10-12-19)23(28)17-7-5-4-6-8-17/h4-14,16H,3,15H2,1-2H3. The van der Waals surface area contributed by atoms with Gasteiger partial charge in [-0.15, -0.1) is 0 Å². The number of hydrogen-bond donors (Lipinski definition) is 0. The number of fused-ring (bicyclic) bond motifs is 1. The Morgan fingerprint density at radius 2 is 1.61 bits per heavy atom. The van der Waals surface area contributed by atoms with Crippen LogP contribution in [0.5, 0.6) is 5.75 Å². The molecule has 0 N–H and O–H groups in total. The molecule has 0 aliphatic rings. The maximum atomic E-state index is 12.8. The fraction of sp³-hybridized carbons (Fsp3) is 0.160. The number of carbonyl (C=O) groups excluding carboxylic acids is 2. The van der Waals surface area contributed by atoms with Crippen LogP contribution in [0.3, 0.4) is 0 Å². The van der Waals surface area contributed by atoms with Gasteiger partial charge in [0.15, 0.2) is 10.6 Å². The van der Waals surface area contributed by atoms with Crippen LogP contribution in [-0.4, -0.2) is 23.4 Å². The first-order valence-corrected chi connectivity index (χ1v) is 10.9. The van der Waals surface area contributed by atoms with Crippen molar-refractivity contribution in [3.63, 3.8) is 0 Å². The van der Waals surface area contributed by atoms with E-state index in [4.69, 9.17) is 4.74 Å². The van der Waals surface area contributed by atoms with Gasteiger partial charge in [-0.2, -0.15) is 4.99 Å². The van der Waals surface area contributed by atoms with Gasteiger partial charge < -0.3 is 9.30 Å². The molecule has 0 radical (unpaired) electrons. The van der Waals surface area contributed by atoms with E-state index < -0.39 is 0 Å². The Bertz CT molecular complexity index is 1300. The summed E-state index contributed by atoms with van der Waals surface area (Å²) in [7, 11) is 1.63. The second-order valence-electron chi connectivity index (χ2n) is 7.06. The molecule has 1 aromatic heterocycles. The third-order valence-electron chi connectivity index (χ3n) is 4.96. The third-order valence-corrected chi connectivity index (χ3v) is 6.01. The van der Waals surface area contributed by atoms with Gasteiger partial charge in [-0.25, -0.2) is 0 Å². The first kappa shape index (κ1) is 20.8. The number of aromatic nitrogens is 1. The highest BCUT2D eigenvalue weighted by Crippen LogP contribution is 2.23. The highest BCUT2D eigenvalue weighted by molar-refractivity contribution is 7.16. The summed E-state index contributed by atoms with van der Waals surface area (Å²) in [5, 5.41) is 0. The van der Waals surface area contributed by atoms with Crippen LogP contribution in [0, 0.1) is 0 Å². The minimum atomic E-state index is -0.331. The van der Waals surface area contributed by atoms with Gasteiger partial charge in [-0.3, -0.25) is 9.59 Å². The number of rotatable bonds is 6. The third kappa shape index (κ3) is 4.34. The van der Waals surface area contributed by atoms with E-state index in [2.05, 4.69) is 16.5 Å². The number of ether oxygens (including phenoxy) is 1. The summed E-state index contributed by atoms with van der Waals surface area (Å²) in [6.45, 7) is 2.86. The summed E-state index contributed by atoms with van der Waals surface area (Å²) < 4.78 is 8.39. The average molecular weight is 431 g/mol. The average Bonchev–Trinajstić information content (AvgIpc) is 3.15. The number of aryl methyl sites for hydroxylation is 1. The lowest BCUT2D eigenvalue weighted by Crippen LogP contribution is -2.16. The first-order chi connectivity index (χ1) is 15.1. The molecule has 6 heteroatoms. The Morgan fingerprint density at radius 3 is 2.29 bits per heavy atom. The van der Waals surface area contributed by atoms with Crippen molar-refractivity contribution in [2.75, 3.05) is 7.11 Å². The lowest BCUT2D eigenvalue weighted by molar-refractivity contribution is 0.0994. The molecule has 1 heterocycles. The van der Waals surface area contributed by atoms with Crippen molar-refractivity contribution in [3.8, 4) is 5.75 Å².